The summed E-state index contributed by atoms with van der Waals surface area (Å²) in [5, 5.41) is 151. The summed E-state index contributed by atoms with van der Waals surface area (Å²) in [5.74, 6) is -22.6. The largest absolute Gasteiger partial charge is 0.481 e. The molecule has 4 aliphatic carbocycles. The summed E-state index contributed by atoms with van der Waals surface area (Å²) in [5.41, 5.74) is -1.03. The number of cyclic esters (lactones) is 2. The number of alkyl carbamates (subject to hydrolysis) is 2. The SMILES string of the molecule is CC(=O)C1(C(=O)O)CC1.O=C(N[C@@H](CSSC[C@H](NC(=O)OCc1ccccc1)C(=O)O)C(=O)O)OCc1ccccc1.O=C(O)C(C(=O)O)c1ccccc1.O=C(O)CC1(C(=O)O)CCC(=O)O1.O=C(O)CCCCCCCCCCCCCCCCCCCCC(=O)O.O=C(O)CSC1(SCC(=O)O)CCCCC1.O=C(O)CSCCSCC(=O)O.O=C(O)[C@@H]1[C@H](C(=O)O)[C@@H]2C=C[C@H]1C2.O=C1CC(C(=O)O)C(C(=O)O)O1. The zero-order valence-corrected chi connectivity index (χ0v) is 86.3. The van der Waals surface area contributed by atoms with E-state index in [2.05, 4.69) is 20.1 Å². The molecule has 2 amide bonds. The van der Waals surface area contributed by atoms with E-state index in [0.717, 1.165) is 84.1 Å². The molecular formula is C97H132N2O43S6. The maximum Gasteiger partial charge on any atom is 0.408 e. The van der Waals surface area contributed by atoms with Crippen LogP contribution in [0.15, 0.2) is 103 Å². The van der Waals surface area contributed by atoms with Gasteiger partial charge in [-0.15, -0.1) is 47.0 Å². The van der Waals surface area contributed by atoms with Crippen LogP contribution in [0.5, 0.6) is 0 Å². The van der Waals surface area contributed by atoms with Gasteiger partial charge >= 0.3 is 126 Å². The predicted molar refractivity (Wildman–Crippen MR) is 539 cm³/mol. The maximum absolute atomic E-state index is 11.9. The Morgan fingerprint density at radius 3 is 1.03 bits per heavy atom. The standard InChI is InChI=1S/C22H24N2O8S2.C22H42O4.C10H16O4S2.C9H10O4.C9H8O4.C7H8O6.C6H6O6.C6H10O4S2.C6H8O3/c25-19(26)17(23-21(29)31-11-15-7-3-1-4-8-15)13-33-34-14-18(20(27)28)24-22(30)32-12-16-9-5-2-6-10-16;23-21(24)19-17-15-13-11-9-7-5-3-1-2-4-6-8-10-12-14-16-18-20-22(25)26;11-8(12)6-15-10(16-7-9(13)14)4-2-1-3-5-10;10-8(11)6-4-1-2-5(3-4)7(6)9(12)13;10-8(11)7(9(12)13)6-4-2-1-3-5-6;8-4(9)3-7(6(11)12)2-1-5(10)13-7;7-3-1-2(5(8)9)4(12-3)6(10)11;7-5(8)3-11-1-2-12-4-6(9)10;1-4(7)6(2-3-6)5(8)9/h1-10,17-18H,11-14H2,(H,23,29)(H,24,30)(H,25,26)(H,27,28);1-20H2,(H,23,24)(H,25,26);1-7H2,(H,11,12)(H,13,14);1-2,4-7H,3H2,(H,10,11)(H,12,13);1-5,7H,(H,10,11)(H,12,13);1-3H2,(H,8,9)(H,11,12);2,4H,1H2,(H,8,9)(H,10,11);1-4H2,(H,7,8)(H,9,10);2-3H2,1H3,(H,8,9)/t17-,18-;;;4-,5+,6-,7+;;;;;/m0......../s1. The highest BCUT2D eigenvalue weighted by Gasteiger charge is 2.55. The molecule has 51 heteroatoms. The number of hydrogen-bond donors (Lipinski definition) is 19. The van der Waals surface area contributed by atoms with Crippen LogP contribution >= 0.6 is 68.6 Å². The number of amides is 2. The van der Waals surface area contributed by atoms with Crippen LogP contribution in [-0.4, -0.2) is 292 Å². The predicted octanol–water partition coefficient (Wildman–Crippen LogP) is 13.7. The Morgan fingerprint density at radius 2 is 0.764 bits per heavy atom. The fraction of sp³-hybridized carbons (Fsp3) is 0.567. The number of fused-ring (bicyclic) bond motifs is 2. The number of carbonyl (C=O) groups is 22. The number of esters is 2. The third kappa shape index (κ3) is 59.6. The van der Waals surface area contributed by atoms with Gasteiger partial charge in [0.1, 0.15) is 42.4 Å². The van der Waals surface area contributed by atoms with Crippen molar-refractivity contribution in [3.05, 3.63) is 120 Å². The number of carboxylic acid groups (broad SMARTS) is 17. The number of ketones is 1. The number of unbranched alkanes of at least 4 members (excludes halogenated alkanes) is 17. The van der Waals surface area contributed by atoms with E-state index < -0.39 is 185 Å². The minimum Gasteiger partial charge on any atom is -0.481 e. The molecule has 2 saturated heterocycles. The molecule has 2 aliphatic heterocycles. The molecule has 0 radical (unpaired) electrons. The van der Waals surface area contributed by atoms with Crippen LogP contribution in [0.2, 0.25) is 0 Å². The Hall–Kier alpha value is -12.4. The highest BCUT2D eigenvalue weighted by atomic mass is 33.1. The first-order chi connectivity index (χ1) is 69.9. The molecule has 148 heavy (non-hydrogen) atoms. The summed E-state index contributed by atoms with van der Waals surface area (Å²) in [6, 6.07) is 23.2. The van der Waals surface area contributed by atoms with Crippen molar-refractivity contribution in [3.8, 4) is 0 Å². The lowest BCUT2D eigenvalue weighted by Gasteiger charge is -2.35. The van der Waals surface area contributed by atoms with Crippen LogP contribution in [-0.2, 0) is 128 Å². The van der Waals surface area contributed by atoms with E-state index >= 15 is 0 Å². The first kappa shape index (κ1) is 134. The first-order valence-electron chi connectivity index (χ1n) is 47.1. The summed E-state index contributed by atoms with van der Waals surface area (Å²) in [4.78, 5) is 235. The van der Waals surface area contributed by atoms with Crippen molar-refractivity contribution >= 4 is 200 Å². The number of thioether (sulfide) groups is 4. The molecule has 6 aliphatic rings. The molecule has 0 spiro atoms. The summed E-state index contributed by atoms with van der Waals surface area (Å²) < 4.78 is 18.6. The molecule has 5 fully saturated rings. The van der Waals surface area contributed by atoms with E-state index in [9.17, 15) is 116 Å². The summed E-state index contributed by atoms with van der Waals surface area (Å²) >= 11 is 5.39. The van der Waals surface area contributed by atoms with Gasteiger partial charge in [-0.1, -0.05) is 247 Å². The molecule has 3 aromatic rings. The van der Waals surface area contributed by atoms with Crippen LogP contribution in [0, 0.1) is 35.0 Å². The molecule has 3 aromatic carbocycles. The van der Waals surface area contributed by atoms with Crippen molar-refractivity contribution < 1.29 is 211 Å². The Bertz CT molecular complexity index is 4540. The van der Waals surface area contributed by atoms with Crippen molar-refractivity contribution in [2.45, 2.75) is 259 Å². The zero-order chi connectivity index (χ0) is 111. The Balaban J connectivity index is 0.000000861. The van der Waals surface area contributed by atoms with Gasteiger partial charge in [0.25, 0.3) is 0 Å². The topological polar surface area (TPSA) is 780 Å². The molecule has 3 unspecified atom stereocenters. The van der Waals surface area contributed by atoms with Crippen molar-refractivity contribution in [2.24, 2.45) is 35.0 Å². The number of benzene rings is 3. The molecule has 19 N–H and O–H groups in total. The number of ether oxygens (including phenoxy) is 4. The average Bonchev–Trinajstić information content (AvgIpc) is 1.62. The molecule has 824 valence electrons. The summed E-state index contributed by atoms with van der Waals surface area (Å²) in [6.45, 7) is 1.32. The van der Waals surface area contributed by atoms with E-state index in [1.807, 2.05) is 24.3 Å². The Morgan fingerprint density at radius 1 is 0.399 bits per heavy atom. The first-order valence-corrected chi connectivity index (χ1v) is 53.8. The lowest BCUT2D eigenvalue weighted by Crippen LogP contribution is -2.43. The van der Waals surface area contributed by atoms with Gasteiger partial charge in [0.15, 0.2) is 5.92 Å². The van der Waals surface area contributed by atoms with E-state index in [1.165, 1.54) is 162 Å². The minimum absolute atomic E-state index is 0.00671. The number of hydrogen-bond acceptors (Lipinski definition) is 32. The Labute approximate surface area is 876 Å². The van der Waals surface area contributed by atoms with Crippen molar-refractivity contribution in [2.75, 3.05) is 46.0 Å². The number of Topliss-reactive ketones (excluding diaryl/α,β-unsaturated/α-hetero) is 1. The van der Waals surface area contributed by atoms with Crippen molar-refractivity contribution in [1.29, 1.82) is 0 Å². The molecule has 2 heterocycles. The third-order valence-corrected chi connectivity index (χ3v) is 30.4. The third-order valence-electron chi connectivity index (χ3n) is 22.5. The molecule has 9 atom stereocenters. The van der Waals surface area contributed by atoms with Crippen LogP contribution in [0.4, 0.5) is 9.59 Å². The van der Waals surface area contributed by atoms with Gasteiger partial charge in [0, 0.05) is 48.7 Å². The summed E-state index contributed by atoms with van der Waals surface area (Å²) in [7, 11) is 2.08. The molecule has 45 nitrogen and oxygen atoms in total. The van der Waals surface area contributed by atoms with Crippen LogP contribution < -0.4 is 10.6 Å². The minimum atomic E-state index is -1.84. The zero-order valence-electron chi connectivity index (χ0n) is 81.4. The van der Waals surface area contributed by atoms with Gasteiger partial charge in [-0.05, 0) is 80.4 Å². The van der Waals surface area contributed by atoms with Crippen molar-refractivity contribution in [3.63, 3.8) is 0 Å². The van der Waals surface area contributed by atoms with Crippen LogP contribution in [0.25, 0.3) is 0 Å². The van der Waals surface area contributed by atoms with Gasteiger partial charge in [-0.25, -0.2) is 28.8 Å². The molecule has 2 bridgehead atoms. The number of allylic oxidation sites excluding steroid dienone is 2. The summed E-state index contributed by atoms with van der Waals surface area (Å²) in [6.07, 6.45) is 28.9. The Kier molecular flexibility index (Phi) is 68.0. The second kappa shape index (κ2) is 75.4. The van der Waals surface area contributed by atoms with Gasteiger partial charge in [-0.3, -0.25) is 76.7 Å². The molecular weight excluding hydrogens is 2070 g/mol. The molecule has 0 aromatic heterocycles. The fourth-order valence-electron chi connectivity index (χ4n) is 14.6. The highest BCUT2D eigenvalue weighted by Crippen LogP contribution is 2.50. The van der Waals surface area contributed by atoms with Crippen molar-refractivity contribution in [1.82, 2.24) is 10.6 Å². The maximum atomic E-state index is 11.9. The van der Waals surface area contributed by atoms with Crippen LogP contribution in [0.3, 0.4) is 0 Å². The van der Waals surface area contributed by atoms with Crippen LogP contribution in [0.1, 0.15) is 235 Å². The smallest absolute Gasteiger partial charge is 0.408 e. The average molecular weight is 2210 g/mol. The highest BCUT2D eigenvalue weighted by molar-refractivity contribution is 8.76. The number of carboxylic acids is 17. The van der Waals surface area contributed by atoms with Gasteiger partial charge in [-0.2, -0.15) is 0 Å². The van der Waals surface area contributed by atoms with E-state index in [4.69, 9.17) is 86.1 Å². The molecule has 9 rings (SSSR count). The molecule has 3 saturated carbocycles. The second-order valence-corrected chi connectivity index (χ2v) is 41.8. The monoisotopic (exact) mass is 2200 g/mol. The normalized spacial score (nSPS) is 18.0. The van der Waals surface area contributed by atoms with E-state index in [1.54, 1.807) is 66.7 Å². The lowest BCUT2D eigenvalue weighted by atomic mass is 9.83. The van der Waals surface area contributed by atoms with E-state index in [-0.39, 0.29) is 94.3 Å². The lowest BCUT2D eigenvalue weighted by molar-refractivity contribution is -0.173. The fourth-order valence-corrected chi connectivity index (χ4v) is 21.1. The number of nitrogens with one attached hydrogen (secondary N) is 2. The van der Waals surface area contributed by atoms with Gasteiger partial charge in [0.2, 0.25) is 11.7 Å². The van der Waals surface area contributed by atoms with Gasteiger partial charge in [0.05, 0.1) is 51.8 Å². The van der Waals surface area contributed by atoms with Gasteiger partial charge < -0.3 is 116 Å². The number of rotatable bonds is 59. The quantitative estimate of drug-likeness (QED) is 0.00475. The number of aliphatic carboxylic acids is 17. The second-order valence-electron chi connectivity index (χ2n) is 34.0. The number of carbonyl (C=O) groups excluding carboxylic acids is 5. The van der Waals surface area contributed by atoms with E-state index in [0.29, 0.717) is 43.6 Å².